The lowest BCUT2D eigenvalue weighted by Crippen LogP contribution is -2.38. The second-order valence-corrected chi connectivity index (χ2v) is 5.35. The van der Waals surface area contributed by atoms with Crippen LogP contribution < -0.4 is 5.32 Å². The number of halogens is 2. The van der Waals surface area contributed by atoms with Gasteiger partial charge in [0, 0.05) is 13.1 Å². The van der Waals surface area contributed by atoms with Crippen molar-refractivity contribution in [1.29, 1.82) is 0 Å². The van der Waals surface area contributed by atoms with Crippen molar-refractivity contribution in [3.05, 3.63) is 11.6 Å². The Bertz CT molecular complexity index is 248. The van der Waals surface area contributed by atoms with Gasteiger partial charge in [-0.2, -0.15) is 0 Å². The van der Waals surface area contributed by atoms with Gasteiger partial charge < -0.3 is 5.32 Å². The van der Waals surface area contributed by atoms with Crippen LogP contribution in [0.15, 0.2) is 11.6 Å². The predicted molar refractivity (Wildman–Crippen MR) is 79.5 cm³/mol. The minimum Gasteiger partial charge on any atom is -0.317 e. The zero-order valence-corrected chi connectivity index (χ0v) is 12.6. The van der Waals surface area contributed by atoms with E-state index < -0.39 is 0 Å². The van der Waals surface area contributed by atoms with Crippen molar-refractivity contribution in [2.24, 2.45) is 5.41 Å². The molecule has 1 N–H and O–H groups in total. The predicted octanol–water partition coefficient (Wildman–Crippen LogP) is 2.87. The molecule has 2 aliphatic heterocycles. The number of likely N-dealkylation sites (tertiary alicyclic amines) is 1. The Balaban J connectivity index is 0.00000128. The maximum atomic E-state index is 3.47. The van der Waals surface area contributed by atoms with Crippen LogP contribution >= 0.6 is 24.8 Å². The van der Waals surface area contributed by atoms with Gasteiger partial charge in [-0.05, 0) is 58.2 Å². The zero-order valence-electron chi connectivity index (χ0n) is 11.0. The molecule has 0 aromatic heterocycles. The van der Waals surface area contributed by atoms with E-state index in [1.807, 2.05) is 0 Å². The van der Waals surface area contributed by atoms with Gasteiger partial charge in [-0.1, -0.05) is 11.6 Å². The quantitative estimate of drug-likeness (QED) is 0.783. The average Bonchev–Trinajstić information content (AvgIpc) is 2.62. The fourth-order valence-electron chi connectivity index (χ4n) is 2.97. The largest absolute Gasteiger partial charge is 0.317 e. The lowest BCUT2D eigenvalue weighted by Gasteiger charge is -2.34. The van der Waals surface area contributed by atoms with E-state index in [0.29, 0.717) is 5.41 Å². The van der Waals surface area contributed by atoms with E-state index in [1.165, 1.54) is 57.6 Å². The molecule has 0 atom stereocenters. The first-order valence-corrected chi connectivity index (χ1v) is 6.29. The first-order chi connectivity index (χ1) is 7.24. The first kappa shape index (κ1) is 17.2. The van der Waals surface area contributed by atoms with Gasteiger partial charge in [-0.25, -0.2) is 0 Å². The molecule has 0 bridgehead atoms. The van der Waals surface area contributed by atoms with Gasteiger partial charge in [0.2, 0.25) is 0 Å². The molecule has 0 radical (unpaired) electrons. The van der Waals surface area contributed by atoms with Crippen LogP contribution in [0.25, 0.3) is 0 Å². The van der Waals surface area contributed by atoms with E-state index in [-0.39, 0.29) is 24.8 Å². The summed E-state index contributed by atoms with van der Waals surface area (Å²) >= 11 is 0. The van der Waals surface area contributed by atoms with E-state index in [0.717, 1.165) is 0 Å². The molecule has 1 spiro atoms. The molecule has 2 aliphatic rings. The summed E-state index contributed by atoms with van der Waals surface area (Å²) in [6.07, 6.45) is 6.44. The van der Waals surface area contributed by atoms with E-state index in [1.54, 1.807) is 0 Å². The van der Waals surface area contributed by atoms with Crippen LogP contribution in [0.4, 0.5) is 0 Å². The molecule has 17 heavy (non-hydrogen) atoms. The summed E-state index contributed by atoms with van der Waals surface area (Å²) in [7, 11) is 0. The van der Waals surface area contributed by atoms with Crippen molar-refractivity contribution in [2.75, 3.05) is 32.7 Å². The second-order valence-electron chi connectivity index (χ2n) is 5.35. The molecule has 0 aromatic carbocycles. The molecule has 2 nitrogen and oxygen atoms in total. The third-order valence-electron chi connectivity index (χ3n) is 4.15. The molecule has 4 heteroatoms. The van der Waals surface area contributed by atoms with Crippen molar-refractivity contribution in [1.82, 2.24) is 10.2 Å². The number of nitrogens with zero attached hydrogens (tertiary/aromatic N) is 1. The standard InChI is InChI=1S/C13H24N2.2ClH/c1-3-12(2)10-15-9-6-13(11-15)4-7-14-8-5-13;;/h3,14H,4-11H2,1-2H3;2*1H/b12-3+;;. The Morgan fingerprint density at radius 1 is 1.24 bits per heavy atom. The molecular formula is C13H26Cl2N2. The van der Waals surface area contributed by atoms with Gasteiger partial charge in [-0.15, -0.1) is 24.8 Å². The molecule has 2 fully saturated rings. The molecule has 102 valence electrons. The second kappa shape index (κ2) is 7.63. The Kier molecular flexibility index (Phi) is 7.73. The zero-order chi connectivity index (χ0) is 10.7. The van der Waals surface area contributed by atoms with Crippen molar-refractivity contribution in [2.45, 2.75) is 33.1 Å². The molecule has 2 saturated heterocycles. The number of allylic oxidation sites excluding steroid dienone is 1. The topological polar surface area (TPSA) is 15.3 Å². The van der Waals surface area contributed by atoms with Crippen molar-refractivity contribution in [3.8, 4) is 0 Å². The highest BCUT2D eigenvalue weighted by atomic mass is 35.5. The van der Waals surface area contributed by atoms with Gasteiger partial charge in [-0.3, -0.25) is 4.90 Å². The highest BCUT2D eigenvalue weighted by Gasteiger charge is 2.38. The summed E-state index contributed by atoms with van der Waals surface area (Å²) < 4.78 is 0. The molecule has 0 unspecified atom stereocenters. The van der Waals surface area contributed by atoms with Crippen LogP contribution in [0, 0.1) is 5.41 Å². The van der Waals surface area contributed by atoms with Crippen LogP contribution in [-0.4, -0.2) is 37.6 Å². The van der Waals surface area contributed by atoms with E-state index in [9.17, 15) is 0 Å². The summed E-state index contributed by atoms with van der Waals surface area (Å²) in [6, 6.07) is 0. The third-order valence-corrected chi connectivity index (χ3v) is 4.15. The third kappa shape index (κ3) is 4.44. The normalized spacial score (nSPS) is 24.2. The molecule has 0 saturated carbocycles. The minimum absolute atomic E-state index is 0. The highest BCUT2D eigenvalue weighted by Crippen LogP contribution is 2.38. The number of hydrogen-bond acceptors (Lipinski definition) is 2. The molecule has 0 amide bonds. The first-order valence-electron chi connectivity index (χ1n) is 6.29. The number of nitrogens with one attached hydrogen (secondary N) is 1. The number of rotatable bonds is 2. The molecule has 2 heterocycles. The lowest BCUT2D eigenvalue weighted by molar-refractivity contribution is 0.201. The summed E-state index contributed by atoms with van der Waals surface area (Å²) in [5.41, 5.74) is 2.18. The fraction of sp³-hybridized carbons (Fsp3) is 0.846. The van der Waals surface area contributed by atoms with Crippen molar-refractivity contribution < 1.29 is 0 Å². The van der Waals surface area contributed by atoms with Gasteiger partial charge in [0.15, 0.2) is 0 Å². The Labute approximate surface area is 118 Å². The highest BCUT2D eigenvalue weighted by molar-refractivity contribution is 5.85. The molecule has 0 aliphatic carbocycles. The Hall–Kier alpha value is 0.240. The van der Waals surface area contributed by atoms with Gasteiger partial charge in [0.25, 0.3) is 0 Å². The maximum absolute atomic E-state index is 3.47. The SMILES string of the molecule is C/C=C(\C)CN1CCC2(CCNCC2)C1.Cl.Cl. The van der Waals surface area contributed by atoms with Crippen LogP contribution in [0.3, 0.4) is 0 Å². The average molecular weight is 281 g/mol. The van der Waals surface area contributed by atoms with Crippen LogP contribution in [0.1, 0.15) is 33.1 Å². The minimum atomic E-state index is 0. The molecular weight excluding hydrogens is 255 g/mol. The van der Waals surface area contributed by atoms with Crippen molar-refractivity contribution in [3.63, 3.8) is 0 Å². The molecule has 0 aromatic rings. The van der Waals surface area contributed by atoms with Crippen molar-refractivity contribution >= 4 is 24.8 Å². The van der Waals surface area contributed by atoms with Gasteiger partial charge in [0.1, 0.15) is 0 Å². The smallest absolute Gasteiger partial charge is 0.0190 e. The maximum Gasteiger partial charge on any atom is 0.0190 e. The summed E-state index contributed by atoms with van der Waals surface area (Å²) in [6.45, 7) is 10.7. The van der Waals surface area contributed by atoms with Gasteiger partial charge >= 0.3 is 0 Å². The number of piperidine rings is 1. The Morgan fingerprint density at radius 3 is 2.47 bits per heavy atom. The molecule has 2 rings (SSSR count). The van der Waals surface area contributed by atoms with Crippen LogP contribution in [0.5, 0.6) is 0 Å². The lowest BCUT2D eigenvalue weighted by atomic mass is 9.78. The van der Waals surface area contributed by atoms with E-state index in [4.69, 9.17) is 0 Å². The summed E-state index contributed by atoms with van der Waals surface area (Å²) in [5.74, 6) is 0. The van der Waals surface area contributed by atoms with Crippen LogP contribution in [0.2, 0.25) is 0 Å². The monoisotopic (exact) mass is 280 g/mol. The fourth-order valence-corrected chi connectivity index (χ4v) is 2.97. The van der Waals surface area contributed by atoms with E-state index >= 15 is 0 Å². The summed E-state index contributed by atoms with van der Waals surface area (Å²) in [4.78, 5) is 2.64. The number of hydrogen-bond donors (Lipinski definition) is 1. The van der Waals surface area contributed by atoms with Gasteiger partial charge in [0.05, 0.1) is 0 Å². The Morgan fingerprint density at radius 2 is 1.88 bits per heavy atom. The summed E-state index contributed by atoms with van der Waals surface area (Å²) in [5, 5.41) is 3.47. The van der Waals surface area contributed by atoms with E-state index in [2.05, 4.69) is 30.1 Å². The van der Waals surface area contributed by atoms with Crippen LogP contribution in [-0.2, 0) is 0 Å².